The molecule has 1 aromatic rings. The largest absolute Gasteiger partial charge is 0.0998 e. The van der Waals surface area contributed by atoms with E-state index in [-0.39, 0.29) is 0 Å². The second-order valence-electron chi connectivity index (χ2n) is 4.48. The van der Waals surface area contributed by atoms with Gasteiger partial charge in [0.2, 0.25) is 0 Å². The summed E-state index contributed by atoms with van der Waals surface area (Å²) < 4.78 is 0. The minimum atomic E-state index is 0.720. The van der Waals surface area contributed by atoms with E-state index in [9.17, 15) is 0 Å². The Labute approximate surface area is 86.7 Å². The van der Waals surface area contributed by atoms with Crippen LogP contribution in [0.5, 0.6) is 0 Å². The standard InChI is InChI=1S/C14H18/c1-11(2)14(13-8-9-13)10-12-6-4-3-5-7-12/h3-7,13-14H,1,8-10H2,2H3. The fraction of sp³-hybridized carbons (Fsp3) is 0.429. The molecule has 0 spiro atoms. The summed E-state index contributed by atoms with van der Waals surface area (Å²) >= 11 is 0. The van der Waals surface area contributed by atoms with Gasteiger partial charge in [0, 0.05) is 0 Å². The highest BCUT2D eigenvalue weighted by atomic mass is 14.4. The third kappa shape index (κ3) is 2.25. The van der Waals surface area contributed by atoms with Crippen LogP contribution in [0, 0.1) is 11.8 Å². The molecule has 74 valence electrons. The molecule has 0 aliphatic heterocycles. The first-order chi connectivity index (χ1) is 6.77. The van der Waals surface area contributed by atoms with Gasteiger partial charge < -0.3 is 0 Å². The summed E-state index contributed by atoms with van der Waals surface area (Å²) in [5, 5.41) is 0. The van der Waals surface area contributed by atoms with Crippen molar-refractivity contribution >= 4 is 0 Å². The maximum Gasteiger partial charge on any atom is -0.0140 e. The van der Waals surface area contributed by atoms with E-state index in [1.54, 1.807) is 0 Å². The average Bonchev–Trinajstić information content (AvgIpc) is 2.99. The molecule has 0 bridgehead atoms. The van der Waals surface area contributed by atoms with E-state index in [0.717, 1.165) is 11.8 Å². The minimum Gasteiger partial charge on any atom is -0.0998 e. The smallest absolute Gasteiger partial charge is 0.0140 e. The summed E-state index contributed by atoms with van der Waals surface area (Å²) in [5.41, 5.74) is 2.81. The fourth-order valence-corrected chi connectivity index (χ4v) is 2.11. The summed E-state index contributed by atoms with van der Waals surface area (Å²) in [4.78, 5) is 0. The van der Waals surface area contributed by atoms with Gasteiger partial charge in [0.05, 0.1) is 0 Å². The van der Waals surface area contributed by atoms with Gasteiger partial charge in [-0.25, -0.2) is 0 Å². The van der Waals surface area contributed by atoms with Gasteiger partial charge in [-0.15, -0.1) is 0 Å². The summed E-state index contributed by atoms with van der Waals surface area (Å²) in [6.07, 6.45) is 4.00. The Bertz CT molecular complexity index is 306. The lowest BCUT2D eigenvalue weighted by molar-refractivity contribution is 0.536. The Kier molecular flexibility index (Phi) is 2.72. The topological polar surface area (TPSA) is 0 Å². The summed E-state index contributed by atoms with van der Waals surface area (Å²) in [6, 6.07) is 10.8. The molecule has 0 amide bonds. The van der Waals surface area contributed by atoms with Gasteiger partial charge in [-0.05, 0) is 43.6 Å². The normalized spacial score (nSPS) is 17.8. The van der Waals surface area contributed by atoms with Gasteiger partial charge in [-0.3, -0.25) is 0 Å². The van der Waals surface area contributed by atoms with E-state index in [1.165, 1.54) is 30.4 Å². The van der Waals surface area contributed by atoms with Crippen LogP contribution in [0.25, 0.3) is 0 Å². The Balaban J connectivity index is 2.04. The van der Waals surface area contributed by atoms with Crippen LogP contribution in [0.4, 0.5) is 0 Å². The fourth-order valence-electron chi connectivity index (χ4n) is 2.11. The molecule has 14 heavy (non-hydrogen) atoms. The Hall–Kier alpha value is -1.04. The Morgan fingerprint density at radius 1 is 1.36 bits per heavy atom. The number of hydrogen-bond acceptors (Lipinski definition) is 0. The third-order valence-electron chi connectivity index (χ3n) is 3.12. The first-order valence-electron chi connectivity index (χ1n) is 5.46. The van der Waals surface area contributed by atoms with Crippen LogP contribution in [-0.2, 0) is 6.42 Å². The quantitative estimate of drug-likeness (QED) is 0.627. The minimum absolute atomic E-state index is 0.720. The van der Waals surface area contributed by atoms with Crippen molar-refractivity contribution in [2.45, 2.75) is 26.2 Å². The Morgan fingerprint density at radius 3 is 2.50 bits per heavy atom. The van der Waals surface area contributed by atoms with Crippen LogP contribution >= 0.6 is 0 Å². The van der Waals surface area contributed by atoms with Gasteiger partial charge in [0.15, 0.2) is 0 Å². The highest BCUT2D eigenvalue weighted by molar-refractivity contribution is 5.18. The molecule has 0 N–H and O–H groups in total. The molecular formula is C14H18. The first kappa shape index (κ1) is 9.51. The van der Waals surface area contributed by atoms with Crippen LogP contribution in [0.3, 0.4) is 0 Å². The molecule has 0 heterocycles. The molecule has 0 nitrogen and oxygen atoms in total. The first-order valence-corrected chi connectivity index (χ1v) is 5.46. The van der Waals surface area contributed by atoms with Gasteiger partial charge in [-0.2, -0.15) is 0 Å². The predicted molar refractivity (Wildman–Crippen MR) is 61.2 cm³/mol. The lowest BCUT2D eigenvalue weighted by Gasteiger charge is -2.16. The van der Waals surface area contributed by atoms with E-state index >= 15 is 0 Å². The summed E-state index contributed by atoms with van der Waals surface area (Å²) in [6.45, 7) is 6.29. The molecule has 1 aliphatic rings. The Morgan fingerprint density at radius 2 is 2.00 bits per heavy atom. The van der Waals surface area contributed by atoms with Crippen LogP contribution in [-0.4, -0.2) is 0 Å². The molecule has 1 saturated carbocycles. The molecule has 1 atom stereocenters. The maximum atomic E-state index is 4.11. The third-order valence-corrected chi connectivity index (χ3v) is 3.12. The van der Waals surface area contributed by atoms with E-state index < -0.39 is 0 Å². The van der Waals surface area contributed by atoms with E-state index in [0.29, 0.717) is 0 Å². The number of allylic oxidation sites excluding steroid dienone is 1. The SMILES string of the molecule is C=C(C)C(Cc1ccccc1)C1CC1. The lowest BCUT2D eigenvalue weighted by atomic mass is 9.89. The lowest BCUT2D eigenvalue weighted by Crippen LogP contribution is -2.07. The van der Waals surface area contributed by atoms with Crippen molar-refractivity contribution in [3.63, 3.8) is 0 Å². The summed E-state index contributed by atoms with van der Waals surface area (Å²) in [7, 11) is 0. The molecule has 0 aromatic heterocycles. The maximum absolute atomic E-state index is 4.11. The van der Waals surface area contributed by atoms with Crippen LogP contribution in [0.1, 0.15) is 25.3 Å². The van der Waals surface area contributed by atoms with E-state index in [4.69, 9.17) is 0 Å². The van der Waals surface area contributed by atoms with E-state index in [2.05, 4.69) is 43.8 Å². The molecule has 1 unspecified atom stereocenters. The molecule has 0 heteroatoms. The second-order valence-corrected chi connectivity index (χ2v) is 4.48. The number of hydrogen-bond donors (Lipinski definition) is 0. The molecule has 1 aromatic carbocycles. The van der Waals surface area contributed by atoms with Crippen LogP contribution in [0.15, 0.2) is 42.5 Å². The van der Waals surface area contributed by atoms with Gasteiger partial charge in [-0.1, -0.05) is 42.5 Å². The number of rotatable bonds is 4. The van der Waals surface area contributed by atoms with Gasteiger partial charge >= 0.3 is 0 Å². The second kappa shape index (κ2) is 4.00. The van der Waals surface area contributed by atoms with Crippen LogP contribution in [0.2, 0.25) is 0 Å². The zero-order valence-electron chi connectivity index (χ0n) is 8.87. The zero-order chi connectivity index (χ0) is 9.97. The van der Waals surface area contributed by atoms with Crippen LogP contribution < -0.4 is 0 Å². The monoisotopic (exact) mass is 186 g/mol. The highest BCUT2D eigenvalue weighted by Crippen LogP contribution is 2.41. The van der Waals surface area contributed by atoms with Gasteiger partial charge in [0.25, 0.3) is 0 Å². The van der Waals surface area contributed by atoms with Crippen molar-refractivity contribution in [1.82, 2.24) is 0 Å². The van der Waals surface area contributed by atoms with Crippen molar-refractivity contribution in [1.29, 1.82) is 0 Å². The molecule has 0 radical (unpaired) electrons. The van der Waals surface area contributed by atoms with Crippen molar-refractivity contribution in [3.05, 3.63) is 48.0 Å². The van der Waals surface area contributed by atoms with Crippen molar-refractivity contribution in [3.8, 4) is 0 Å². The van der Waals surface area contributed by atoms with Gasteiger partial charge in [0.1, 0.15) is 0 Å². The zero-order valence-corrected chi connectivity index (χ0v) is 8.87. The molecule has 2 rings (SSSR count). The van der Waals surface area contributed by atoms with Crippen molar-refractivity contribution < 1.29 is 0 Å². The molecule has 1 aliphatic carbocycles. The number of benzene rings is 1. The predicted octanol–water partition coefficient (Wildman–Crippen LogP) is 3.83. The highest BCUT2D eigenvalue weighted by Gasteiger charge is 2.31. The molecule has 0 saturated heterocycles. The molecular weight excluding hydrogens is 168 g/mol. The van der Waals surface area contributed by atoms with E-state index in [1.807, 2.05) is 0 Å². The van der Waals surface area contributed by atoms with Crippen molar-refractivity contribution in [2.24, 2.45) is 11.8 Å². The molecule has 1 fully saturated rings. The summed E-state index contributed by atoms with van der Waals surface area (Å²) in [5.74, 6) is 1.64. The van der Waals surface area contributed by atoms with Crippen molar-refractivity contribution in [2.75, 3.05) is 0 Å². The average molecular weight is 186 g/mol.